The number of carbonyl (C=O) groups is 2. The summed E-state index contributed by atoms with van der Waals surface area (Å²) in [5, 5.41) is 19.2. The highest BCUT2D eigenvalue weighted by Crippen LogP contribution is 2.30. The fourth-order valence-corrected chi connectivity index (χ4v) is 4.42. The Morgan fingerprint density at radius 3 is 2.19 bits per heavy atom. The maximum atomic E-state index is 13.1. The van der Waals surface area contributed by atoms with Crippen LogP contribution < -0.4 is 20.1 Å². The summed E-state index contributed by atoms with van der Waals surface area (Å²) in [5.41, 5.74) is 2.46. The van der Waals surface area contributed by atoms with Gasteiger partial charge in [0.25, 0.3) is 11.8 Å². The minimum absolute atomic E-state index is 0.0355. The van der Waals surface area contributed by atoms with E-state index in [9.17, 15) is 19.7 Å². The highest BCUT2D eigenvalue weighted by molar-refractivity contribution is 6.06. The largest absolute Gasteiger partial charge is 0.490 e. The van der Waals surface area contributed by atoms with E-state index >= 15 is 0 Å². The van der Waals surface area contributed by atoms with E-state index in [1.54, 1.807) is 18.2 Å². The lowest BCUT2D eigenvalue weighted by Gasteiger charge is -2.15. The molecule has 2 amide bonds. The van der Waals surface area contributed by atoms with Gasteiger partial charge in [0.05, 0.1) is 17.7 Å². The molecule has 5 aromatic rings. The molecule has 0 fully saturated rings. The monoisotopic (exact) mass is 561 g/mol. The third-order valence-corrected chi connectivity index (χ3v) is 6.63. The number of hydrogen-bond acceptors (Lipinski definition) is 6. The Bertz CT molecular complexity index is 1770. The van der Waals surface area contributed by atoms with E-state index in [-0.39, 0.29) is 29.5 Å². The molecule has 5 aromatic carbocycles. The van der Waals surface area contributed by atoms with E-state index in [1.165, 1.54) is 25.3 Å². The first-order chi connectivity index (χ1) is 20.4. The van der Waals surface area contributed by atoms with Gasteiger partial charge in [-0.15, -0.1) is 0 Å². The van der Waals surface area contributed by atoms with Crippen LogP contribution in [0.5, 0.6) is 11.5 Å². The van der Waals surface area contributed by atoms with E-state index in [0.29, 0.717) is 23.5 Å². The minimum Gasteiger partial charge on any atom is -0.490 e. The van der Waals surface area contributed by atoms with Gasteiger partial charge >= 0.3 is 5.69 Å². The van der Waals surface area contributed by atoms with Gasteiger partial charge in [-0.05, 0) is 52.2 Å². The van der Waals surface area contributed by atoms with Gasteiger partial charge in [0.1, 0.15) is 12.4 Å². The van der Waals surface area contributed by atoms with Crippen molar-refractivity contribution in [2.45, 2.75) is 13.2 Å². The molecular weight excluding hydrogens is 534 g/mol. The fourth-order valence-electron chi connectivity index (χ4n) is 4.42. The average Bonchev–Trinajstić information content (AvgIpc) is 3.03. The van der Waals surface area contributed by atoms with Gasteiger partial charge < -0.3 is 20.1 Å². The Kier molecular flexibility index (Phi) is 8.39. The number of nitrogens with one attached hydrogen (secondary N) is 2. The number of hydrogen-bond donors (Lipinski definition) is 2. The second-order valence-corrected chi connectivity index (χ2v) is 9.45. The molecule has 9 nitrogen and oxygen atoms in total. The van der Waals surface area contributed by atoms with Gasteiger partial charge in [0.2, 0.25) is 0 Å². The quantitative estimate of drug-likeness (QED) is 0.148. The number of anilines is 1. The molecule has 9 heteroatoms. The molecule has 0 atom stereocenters. The van der Waals surface area contributed by atoms with Crippen molar-refractivity contribution in [2.24, 2.45) is 0 Å². The van der Waals surface area contributed by atoms with Gasteiger partial charge in [0.15, 0.2) is 5.75 Å². The fraction of sp³-hybridized carbons (Fsp3) is 0.0909. The van der Waals surface area contributed by atoms with Crippen LogP contribution in [0.2, 0.25) is 0 Å². The van der Waals surface area contributed by atoms with Gasteiger partial charge in [-0.25, -0.2) is 0 Å². The van der Waals surface area contributed by atoms with Crippen molar-refractivity contribution in [3.05, 3.63) is 142 Å². The van der Waals surface area contributed by atoms with Crippen LogP contribution in [0.4, 0.5) is 11.4 Å². The average molecular weight is 562 g/mol. The molecule has 2 N–H and O–H groups in total. The summed E-state index contributed by atoms with van der Waals surface area (Å²) in [4.78, 5) is 36.8. The molecule has 0 aliphatic rings. The summed E-state index contributed by atoms with van der Waals surface area (Å²) in [7, 11) is 1.29. The lowest BCUT2D eigenvalue weighted by Crippen LogP contribution is -2.23. The highest BCUT2D eigenvalue weighted by atomic mass is 16.6. The van der Waals surface area contributed by atoms with Crippen LogP contribution >= 0.6 is 0 Å². The molecule has 0 aromatic heterocycles. The molecule has 0 bridgehead atoms. The third kappa shape index (κ3) is 6.53. The predicted molar refractivity (Wildman–Crippen MR) is 160 cm³/mol. The van der Waals surface area contributed by atoms with E-state index in [0.717, 1.165) is 21.9 Å². The van der Waals surface area contributed by atoms with Crippen LogP contribution in [-0.2, 0) is 13.2 Å². The van der Waals surface area contributed by atoms with Gasteiger partial charge in [-0.2, -0.15) is 0 Å². The molecule has 210 valence electrons. The number of fused-ring (bicyclic) bond motifs is 1. The Morgan fingerprint density at radius 2 is 1.43 bits per heavy atom. The van der Waals surface area contributed by atoms with E-state index in [4.69, 9.17) is 9.47 Å². The first-order valence-electron chi connectivity index (χ1n) is 13.1. The lowest BCUT2D eigenvalue weighted by atomic mass is 10.1. The first kappa shape index (κ1) is 27.9. The molecule has 0 spiro atoms. The molecule has 0 aliphatic carbocycles. The zero-order chi connectivity index (χ0) is 29.5. The highest BCUT2D eigenvalue weighted by Gasteiger charge is 2.19. The van der Waals surface area contributed by atoms with Gasteiger partial charge in [-0.1, -0.05) is 66.7 Å². The van der Waals surface area contributed by atoms with Crippen LogP contribution in [0.1, 0.15) is 31.8 Å². The third-order valence-electron chi connectivity index (χ3n) is 6.63. The second-order valence-electron chi connectivity index (χ2n) is 9.45. The number of amides is 2. The number of nitro groups is 1. The zero-order valence-electron chi connectivity index (χ0n) is 22.7. The molecule has 42 heavy (non-hydrogen) atoms. The molecule has 0 unspecified atom stereocenters. The number of methoxy groups -OCH3 is 1. The number of nitrogens with zero attached hydrogens (tertiary/aromatic N) is 1. The van der Waals surface area contributed by atoms with E-state index < -0.39 is 10.8 Å². The Labute approximate surface area is 241 Å². The van der Waals surface area contributed by atoms with Crippen LogP contribution in [0.15, 0.2) is 109 Å². The standard InChI is InChI=1S/C33H27N3O6/c1-41-31-19-27(14-16-29(31)36(39)40)33(38)35-28-15-13-26(18-30(28)42-21-22-7-3-2-4-8-22)32(37)34-20-23-11-12-24-9-5-6-10-25(24)17-23/h2-19H,20-21H2,1H3,(H,34,37)(H,35,38). The van der Waals surface area contributed by atoms with Crippen LogP contribution in [0.25, 0.3) is 10.8 Å². The summed E-state index contributed by atoms with van der Waals surface area (Å²) >= 11 is 0. The maximum Gasteiger partial charge on any atom is 0.310 e. The van der Waals surface area contributed by atoms with Crippen molar-refractivity contribution >= 4 is 34.0 Å². The molecule has 0 saturated heterocycles. The topological polar surface area (TPSA) is 120 Å². The first-order valence-corrected chi connectivity index (χ1v) is 13.1. The SMILES string of the molecule is COc1cc(C(=O)Nc2ccc(C(=O)NCc3ccc4ccccc4c3)cc2OCc2ccccc2)ccc1[N+](=O)[O-]. The number of rotatable bonds is 10. The summed E-state index contributed by atoms with van der Waals surface area (Å²) in [6, 6.07) is 32.1. The smallest absolute Gasteiger partial charge is 0.310 e. The Hall–Kier alpha value is -5.70. The van der Waals surface area contributed by atoms with Crippen molar-refractivity contribution in [1.82, 2.24) is 5.32 Å². The zero-order valence-corrected chi connectivity index (χ0v) is 22.7. The minimum atomic E-state index is -0.584. The van der Waals surface area contributed by atoms with E-state index in [2.05, 4.69) is 10.6 Å². The number of ether oxygens (including phenoxy) is 2. The number of nitro benzene ring substituents is 1. The molecule has 0 aliphatic heterocycles. The Morgan fingerprint density at radius 1 is 0.738 bits per heavy atom. The molecule has 0 heterocycles. The normalized spacial score (nSPS) is 10.6. The number of benzene rings is 5. The summed E-state index contributed by atoms with van der Waals surface area (Å²) in [6.45, 7) is 0.543. The van der Waals surface area contributed by atoms with Crippen molar-refractivity contribution < 1.29 is 24.0 Å². The lowest BCUT2D eigenvalue weighted by molar-refractivity contribution is -0.385. The van der Waals surface area contributed by atoms with Gasteiger partial charge in [-0.3, -0.25) is 19.7 Å². The Balaban J connectivity index is 1.36. The molecule has 5 rings (SSSR count). The van der Waals surface area contributed by atoms with Crippen molar-refractivity contribution in [3.8, 4) is 11.5 Å². The predicted octanol–water partition coefficient (Wildman–Crippen LogP) is 6.52. The molecular formula is C33H27N3O6. The van der Waals surface area contributed by atoms with Crippen molar-refractivity contribution in [1.29, 1.82) is 0 Å². The number of carbonyl (C=O) groups excluding carboxylic acids is 2. The maximum absolute atomic E-state index is 13.1. The van der Waals surface area contributed by atoms with E-state index in [1.807, 2.05) is 72.8 Å². The van der Waals surface area contributed by atoms with Crippen LogP contribution in [0.3, 0.4) is 0 Å². The second kappa shape index (κ2) is 12.6. The summed E-state index contributed by atoms with van der Waals surface area (Å²) in [6.07, 6.45) is 0. The molecule has 0 radical (unpaired) electrons. The van der Waals surface area contributed by atoms with Crippen molar-refractivity contribution in [3.63, 3.8) is 0 Å². The summed E-state index contributed by atoms with van der Waals surface area (Å²) in [5.74, 6) is -0.571. The van der Waals surface area contributed by atoms with Crippen LogP contribution in [0, 0.1) is 10.1 Å². The van der Waals surface area contributed by atoms with Crippen LogP contribution in [-0.4, -0.2) is 23.8 Å². The summed E-state index contributed by atoms with van der Waals surface area (Å²) < 4.78 is 11.1. The molecule has 0 saturated carbocycles. The van der Waals surface area contributed by atoms with Gasteiger partial charge in [0, 0.05) is 29.8 Å². The van der Waals surface area contributed by atoms with Crippen molar-refractivity contribution in [2.75, 3.05) is 12.4 Å².